The fourth-order valence-electron chi connectivity index (χ4n) is 2.77. The summed E-state index contributed by atoms with van der Waals surface area (Å²) in [5, 5.41) is 0. The maximum Gasteiger partial charge on any atom is 0.185 e. The normalized spacial score (nSPS) is 11.2. The molecule has 0 aliphatic heterocycles. The smallest absolute Gasteiger partial charge is 0.185 e. The van der Waals surface area contributed by atoms with Crippen molar-refractivity contribution in [1.29, 1.82) is 0 Å². The van der Waals surface area contributed by atoms with Gasteiger partial charge in [0.25, 0.3) is 0 Å². The van der Waals surface area contributed by atoms with Crippen molar-refractivity contribution in [2.75, 3.05) is 14.1 Å². The molecule has 0 aliphatic rings. The maximum atomic E-state index is 12.4. The minimum atomic E-state index is -0.00409. The van der Waals surface area contributed by atoms with Crippen LogP contribution in [0.2, 0.25) is 0 Å². The van der Waals surface area contributed by atoms with E-state index in [0.717, 1.165) is 23.4 Å². The van der Waals surface area contributed by atoms with Crippen LogP contribution in [0, 0.1) is 0 Å². The van der Waals surface area contributed by atoms with Crippen molar-refractivity contribution in [2.45, 2.75) is 6.54 Å². The first kappa shape index (κ1) is 17.8. The van der Waals surface area contributed by atoms with Crippen molar-refractivity contribution in [1.82, 2.24) is 9.88 Å². The van der Waals surface area contributed by atoms with E-state index in [4.69, 9.17) is 0 Å². The highest BCUT2D eigenvalue weighted by molar-refractivity contribution is 6.07. The third-order valence-corrected chi connectivity index (χ3v) is 4.01. The molecule has 1 heterocycles. The molecule has 0 aliphatic carbocycles. The van der Waals surface area contributed by atoms with E-state index in [1.54, 1.807) is 12.3 Å². The van der Waals surface area contributed by atoms with Crippen LogP contribution in [0.15, 0.2) is 79.0 Å². The molecule has 3 aromatic rings. The zero-order chi connectivity index (χ0) is 18.4. The number of rotatable bonds is 6. The SMILES string of the molecule is CN(C)Cc1cccc(C=CC(=O)c2ccc(-c3ccccn3)cc2)c1. The summed E-state index contributed by atoms with van der Waals surface area (Å²) in [6, 6.07) is 21.6. The fourth-order valence-corrected chi connectivity index (χ4v) is 2.77. The van der Waals surface area contributed by atoms with Crippen LogP contribution >= 0.6 is 0 Å². The lowest BCUT2D eigenvalue weighted by molar-refractivity contribution is 0.104. The molecule has 1 aromatic heterocycles. The summed E-state index contributed by atoms with van der Waals surface area (Å²) in [4.78, 5) is 18.9. The molecule has 3 heteroatoms. The van der Waals surface area contributed by atoms with Crippen molar-refractivity contribution in [3.63, 3.8) is 0 Å². The Hall–Kier alpha value is -3.04. The first-order valence-corrected chi connectivity index (χ1v) is 8.59. The molecule has 130 valence electrons. The Morgan fingerprint density at radius 2 is 1.81 bits per heavy atom. The summed E-state index contributed by atoms with van der Waals surface area (Å²) in [6.45, 7) is 0.880. The Balaban J connectivity index is 1.71. The van der Waals surface area contributed by atoms with Gasteiger partial charge in [0.05, 0.1) is 5.69 Å². The van der Waals surface area contributed by atoms with E-state index in [9.17, 15) is 4.79 Å². The molecule has 0 N–H and O–H groups in total. The molecule has 0 spiro atoms. The van der Waals surface area contributed by atoms with Gasteiger partial charge in [-0.2, -0.15) is 0 Å². The summed E-state index contributed by atoms with van der Waals surface area (Å²) >= 11 is 0. The standard InChI is InChI=1S/C23H22N2O/c1-25(2)17-19-7-5-6-18(16-19)9-14-23(26)21-12-10-20(11-13-21)22-8-3-4-15-24-22/h3-16H,17H2,1-2H3. The number of allylic oxidation sites excluding steroid dienone is 1. The average Bonchev–Trinajstić information content (AvgIpc) is 2.67. The second kappa shape index (κ2) is 8.37. The molecule has 3 rings (SSSR count). The van der Waals surface area contributed by atoms with Crippen LogP contribution < -0.4 is 0 Å². The first-order chi connectivity index (χ1) is 12.6. The molecular weight excluding hydrogens is 320 g/mol. The second-order valence-corrected chi connectivity index (χ2v) is 6.47. The summed E-state index contributed by atoms with van der Waals surface area (Å²) in [7, 11) is 4.08. The van der Waals surface area contributed by atoms with Gasteiger partial charge in [0.2, 0.25) is 0 Å². The van der Waals surface area contributed by atoms with Gasteiger partial charge in [0.1, 0.15) is 0 Å². The van der Waals surface area contributed by atoms with Gasteiger partial charge in [0.15, 0.2) is 5.78 Å². The molecule has 3 nitrogen and oxygen atoms in total. The van der Waals surface area contributed by atoms with Gasteiger partial charge in [-0.3, -0.25) is 9.78 Å². The number of carbonyl (C=O) groups is 1. The highest BCUT2D eigenvalue weighted by Crippen LogP contribution is 2.17. The van der Waals surface area contributed by atoms with Crippen molar-refractivity contribution < 1.29 is 4.79 Å². The fraction of sp³-hybridized carbons (Fsp3) is 0.130. The molecule has 0 saturated carbocycles. The zero-order valence-electron chi connectivity index (χ0n) is 15.1. The number of benzene rings is 2. The van der Waals surface area contributed by atoms with Crippen LogP contribution in [-0.2, 0) is 6.54 Å². The Labute approximate surface area is 154 Å². The molecule has 0 fully saturated rings. The number of carbonyl (C=O) groups excluding carboxylic acids is 1. The predicted octanol–water partition coefficient (Wildman–Crippen LogP) is 4.71. The number of pyridine rings is 1. The van der Waals surface area contributed by atoms with E-state index in [1.807, 2.05) is 74.8 Å². The highest BCUT2D eigenvalue weighted by Gasteiger charge is 2.04. The van der Waals surface area contributed by atoms with E-state index in [0.29, 0.717) is 5.56 Å². The van der Waals surface area contributed by atoms with Crippen LogP contribution in [0.25, 0.3) is 17.3 Å². The van der Waals surface area contributed by atoms with Crippen molar-refractivity contribution in [2.24, 2.45) is 0 Å². The molecule has 0 saturated heterocycles. The quantitative estimate of drug-likeness (QED) is 0.481. The van der Waals surface area contributed by atoms with Gasteiger partial charge >= 0.3 is 0 Å². The molecule has 0 amide bonds. The second-order valence-electron chi connectivity index (χ2n) is 6.47. The molecular formula is C23H22N2O. The Kier molecular flexibility index (Phi) is 5.72. The number of nitrogens with zero attached hydrogens (tertiary/aromatic N) is 2. The van der Waals surface area contributed by atoms with Gasteiger partial charge in [-0.1, -0.05) is 60.7 Å². The van der Waals surface area contributed by atoms with E-state index < -0.39 is 0 Å². The van der Waals surface area contributed by atoms with Crippen LogP contribution in [0.1, 0.15) is 21.5 Å². The van der Waals surface area contributed by atoms with Gasteiger partial charge in [-0.05, 0) is 43.4 Å². The first-order valence-electron chi connectivity index (χ1n) is 8.59. The van der Waals surface area contributed by atoms with Crippen LogP contribution in [0.4, 0.5) is 0 Å². The lowest BCUT2D eigenvalue weighted by Gasteiger charge is -2.09. The molecule has 0 unspecified atom stereocenters. The largest absolute Gasteiger partial charge is 0.305 e. The summed E-state index contributed by atoms with van der Waals surface area (Å²) < 4.78 is 0. The zero-order valence-corrected chi connectivity index (χ0v) is 15.1. The van der Waals surface area contributed by atoms with Gasteiger partial charge in [-0.25, -0.2) is 0 Å². The Bertz CT molecular complexity index is 897. The number of hydrogen-bond acceptors (Lipinski definition) is 3. The molecule has 0 bridgehead atoms. The maximum absolute atomic E-state index is 12.4. The van der Waals surface area contributed by atoms with Crippen LogP contribution in [0.5, 0.6) is 0 Å². The molecule has 0 atom stereocenters. The number of ketones is 1. The topological polar surface area (TPSA) is 33.2 Å². The molecule has 0 radical (unpaired) electrons. The monoisotopic (exact) mass is 342 g/mol. The average molecular weight is 342 g/mol. The summed E-state index contributed by atoms with van der Waals surface area (Å²) in [5.74, 6) is -0.00409. The Morgan fingerprint density at radius 1 is 1.00 bits per heavy atom. The van der Waals surface area contributed by atoms with E-state index >= 15 is 0 Å². The van der Waals surface area contributed by atoms with E-state index in [2.05, 4.69) is 22.0 Å². The van der Waals surface area contributed by atoms with Crippen molar-refractivity contribution >= 4 is 11.9 Å². The van der Waals surface area contributed by atoms with E-state index in [-0.39, 0.29) is 5.78 Å². The minimum Gasteiger partial charge on any atom is -0.305 e. The van der Waals surface area contributed by atoms with Gasteiger partial charge < -0.3 is 4.90 Å². The van der Waals surface area contributed by atoms with Crippen molar-refractivity contribution in [3.8, 4) is 11.3 Å². The van der Waals surface area contributed by atoms with Gasteiger partial charge in [0, 0.05) is 23.9 Å². The number of aromatic nitrogens is 1. The molecule has 26 heavy (non-hydrogen) atoms. The summed E-state index contributed by atoms with van der Waals surface area (Å²) in [6.07, 6.45) is 5.26. The summed E-state index contributed by atoms with van der Waals surface area (Å²) in [5.41, 5.74) is 4.83. The van der Waals surface area contributed by atoms with E-state index in [1.165, 1.54) is 5.56 Å². The third-order valence-electron chi connectivity index (χ3n) is 4.01. The van der Waals surface area contributed by atoms with Crippen LogP contribution in [0.3, 0.4) is 0 Å². The highest BCUT2D eigenvalue weighted by atomic mass is 16.1. The van der Waals surface area contributed by atoms with Crippen molar-refractivity contribution in [3.05, 3.63) is 95.7 Å². The number of hydrogen-bond donors (Lipinski definition) is 0. The lowest BCUT2D eigenvalue weighted by Crippen LogP contribution is -2.10. The minimum absolute atomic E-state index is 0.00409. The van der Waals surface area contributed by atoms with Crippen LogP contribution in [-0.4, -0.2) is 29.8 Å². The molecule has 2 aromatic carbocycles. The third kappa shape index (κ3) is 4.74. The van der Waals surface area contributed by atoms with Gasteiger partial charge in [-0.15, -0.1) is 0 Å². The Morgan fingerprint density at radius 3 is 2.50 bits per heavy atom. The lowest BCUT2D eigenvalue weighted by atomic mass is 10.0. The predicted molar refractivity (Wildman–Crippen MR) is 107 cm³/mol.